The van der Waals surface area contributed by atoms with E-state index in [0.717, 1.165) is 37.7 Å². The predicted octanol–water partition coefficient (Wildman–Crippen LogP) is 2.74. The minimum atomic E-state index is -0.282. The van der Waals surface area contributed by atoms with Crippen molar-refractivity contribution >= 4 is 5.97 Å². The first-order valence-corrected chi connectivity index (χ1v) is 6.36. The molecule has 0 aromatic carbocycles. The SMILES string of the molecule is COC(=O)[C@H]1CC[C@H](Cc2cncc(F)c2)CC1. The van der Waals surface area contributed by atoms with Gasteiger partial charge in [-0.25, -0.2) is 4.39 Å². The number of rotatable bonds is 3. The number of pyridine rings is 1. The number of methoxy groups -OCH3 is 1. The molecule has 18 heavy (non-hydrogen) atoms. The number of halogens is 1. The molecule has 0 amide bonds. The Morgan fingerprint density at radius 3 is 2.72 bits per heavy atom. The maximum Gasteiger partial charge on any atom is 0.308 e. The number of ether oxygens (including phenoxy) is 1. The van der Waals surface area contributed by atoms with Crippen LogP contribution >= 0.6 is 0 Å². The van der Waals surface area contributed by atoms with Crippen LogP contribution in [0.25, 0.3) is 0 Å². The Balaban J connectivity index is 1.85. The minimum absolute atomic E-state index is 0.0527. The molecule has 98 valence electrons. The first kappa shape index (κ1) is 13.0. The van der Waals surface area contributed by atoms with Gasteiger partial charge in [0.1, 0.15) is 5.82 Å². The Labute approximate surface area is 106 Å². The number of hydrogen-bond donors (Lipinski definition) is 0. The van der Waals surface area contributed by atoms with Gasteiger partial charge in [-0.15, -0.1) is 0 Å². The van der Waals surface area contributed by atoms with E-state index in [9.17, 15) is 9.18 Å². The number of nitrogens with zero attached hydrogens (tertiary/aromatic N) is 1. The van der Waals surface area contributed by atoms with Gasteiger partial charge in [-0.3, -0.25) is 9.78 Å². The van der Waals surface area contributed by atoms with Crippen molar-refractivity contribution in [3.63, 3.8) is 0 Å². The Kier molecular flexibility index (Phi) is 4.28. The van der Waals surface area contributed by atoms with Gasteiger partial charge in [0, 0.05) is 6.20 Å². The van der Waals surface area contributed by atoms with Crippen molar-refractivity contribution in [1.82, 2.24) is 4.98 Å². The zero-order chi connectivity index (χ0) is 13.0. The average Bonchev–Trinajstić information content (AvgIpc) is 2.39. The normalized spacial score (nSPS) is 23.7. The van der Waals surface area contributed by atoms with Crippen molar-refractivity contribution in [2.24, 2.45) is 11.8 Å². The van der Waals surface area contributed by atoms with Crippen LogP contribution in [0.2, 0.25) is 0 Å². The van der Waals surface area contributed by atoms with E-state index >= 15 is 0 Å². The third-order valence-corrected chi connectivity index (χ3v) is 3.67. The topological polar surface area (TPSA) is 39.2 Å². The van der Waals surface area contributed by atoms with Crippen LogP contribution in [0.4, 0.5) is 4.39 Å². The van der Waals surface area contributed by atoms with Gasteiger partial charge in [0.05, 0.1) is 19.2 Å². The molecule has 0 saturated heterocycles. The maximum atomic E-state index is 13.0. The standard InChI is InChI=1S/C14H18FNO2/c1-18-14(17)12-4-2-10(3-5-12)6-11-7-13(15)9-16-8-11/h7-10,12H,2-6H2,1H3/t10-,12-. The molecule has 0 spiro atoms. The molecule has 0 aliphatic heterocycles. The zero-order valence-electron chi connectivity index (χ0n) is 10.6. The highest BCUT2D eigenvalue weighted by atomic mass is 19.1. The van der Waals surface area contributed by atoms with E-state index in [2.05, 4.69) is 4.98 Å². The molecule has 0 atom stereocenters. The molecule has 4 heteroatoms. The lowest BCUT2D eigenvalue weighted by Crippen LogP contribution is -2.23. The van der Waals surface area contributed by atoms with Gasteiger partial charge in [-0.05, 0) is 49.7 Å². The highest BCUT2D eigenvalue weighted by Crippen LogP contribution is 2.31. The minimum Gasteiger partial charge on any atom is -0.469 e. The number of hydrogen-bond acceptors (Lipinski definition) is 3. The van der Waals surface area contributed by atoms with Crippen LogP contribution in [0.1, 0.15) is 31.2 Å². The van der Waals surface area contributed by atoms with Gasteiger partial charge in [0.15, 0.2) is 0 Å². The quantitative estimate of drug-likeness (QED) is 0.775. The van der Waals surface area contributed by atoms with Crippen molar-refractivity contribution in [2.75, 3.05) is 7.11 Å². The fraction of sp³-hybridized carbons (Fsp3) is 0.571. The van der Waals surface area contributed by atoms with Crippen molar-refractivity contribution in [1.29, 1.82) is 0 Å². The molecule has 0 unspecified atom stereocenters. The first-order chi connectivity index (χ1) is 8.69. The molecule has 1 heterocycles. The number of esters is 1. The monoisotopic (exact) mass is 251 g/mol. The lowest BCUT2D eigenvalue weighted by Gasteiger charge is -2.26. The lowest BCUT2D eigenvalue weighted by atomic mass is 9.79. The van der Waals surface area contributed by atoms with Crippen LogP contribution in [0.3, 0.4) is 0 Å². The fourth-order valence-electron chi connectivity index (χ4n) is 2.67. The number of carbonyl (C=O) groups is 1. The molecule has 0 radical (unpaired) electrons. The van der Waals surface area contributed by atoms with Crippen molar-refractivity contribution in [2.45, 2.75) is 32.1 Å². The lowest BCUT2D eigenvalue weighted by molar-refractivity contribution is -0.146. The van der Waals surface area contributed by atoms with Gasteiger partial charge >= 0.3 is 5.97 Å². The van der Waals surface area contributed by atoms with Gasteiger partial charge in [-0.1, -0.05) is 0 Å². The summed E-state index contributed by atoms with van der Waals surface area (Å²) in [6.45, 7) is 0. The summed E-state index contributed by atoms with van der Waals surface area (Å²) in [4.78, 5) is 15.3. The molecule has 1 saturated carbocycles. The zero-order valence-corrected chi connectivity index (χ0v) is 10.6. The number of aromatic nitrogens is 1. The number of carbonyl (C=O) groups excluding carboxylic acids is 1. The summed E-state index contributed by atoms with van der Waals surface area (Å²) in [5.41, 5.74) is 0.941. The molecule has 1 aliphatic carbocycles. The van der Waals surface area contributed by atoms with Crippen molar-refractivity contribution < 1.29 is 13.9 Å². The molecule has 3 nitrogen and oxygen atoms in total. The van der Waals surface area contributed by atoms with Gasteiger partial charge in [0.2, 0.25) is 0 Å². The molecule has 1 aliphatic rings. The van der Waals surface area contributed by atoms with Crippen LogP contribution in [-0.2, 0) is 16.0 Å². The summed E-state index contributed by atoms with van der Waals surface area (Å²) in [5, 5.41) is 0. The Hall–Kier alpha value is -1.45. The fourth-order valence-corrected chi connectivity index (χ4v) is 2.67. The van der Waals surface area contributed by atoms with Crippen LogP contribution < -0.4 is 0 Å². The predicted molar refractivity (Wildman–Crippen MR) is 65.4 cm³/mol. The molecule has 1 aromatic heterocycles. The van der Waals surface area contributed by atoms with E-state index in [-0.39, 0.29) is 17.7 Å². The molecule has 0 bridgehead atoms. The second kappa shape index (κ2) is 5.94. The second-order valence-electron chi connectivity index (χ2n) is 4.96. The Morgan fingerprint density at radius 1 is 1.39 bits per heavy atom. The van der Waals surface area contributed by atoms with Gasteiger partial charge in [-0.2, -0.15) is 0 Å². The van der Waals surface area contributed by atoms with E-state index in [0.29, 0.717) is 5.92 Å². The van der Waals surface area contributed by atoms with E-state index in [1.165, 1.54) is 13.3 Å². The first-order valence-electron chi connectivity index (χ1n) is 6.36. The maximum absolute atomic E-state index is 13.0. The summed E-state index contributed by atoms with van der Waals surface area (Å²) in [5.74, 6) is 0.197. The molecule has 2 rings (SSSR count). The third kappa shape index (κ3) is 3.28. The van der Waals surface area contributed by atoms with E-state index in [4.69, 9.17) is 4.74 Å². The van der Waals surface area contributed by atoms with Crippen LogP contribution in [0.15, 0.2) is 18.5 Å². The van der Waals surface area contributed by atoms with Crippen LogP contribution in [0, 0.1) is 17.7 Å². The second-order valence-corrected chi connectivity index (χ2v) is 4.96. The summed E-state index contributed by atoms with van der Waals surface area (Å²) in [7, 11) is 1.44. The average molecular weight is 251 g/mol. The smallest absolute Gasteiger partial charge is 0.308 e. The molecule has 0 N–H and O–H groups in total. The van der Waals surface area contributed by atoms with E-state index in [1.807, 2.05) is 0 Å². The summed E-state index contributed by atoms with van der Waals surface area (Å²) in [6, 6.07) is 1.54. The summed E-state index contributed by atoms with van der Waals surface area (Å²) in [6.07, 6.45) is 7.53. The summed E-state index contributed by atoms with van der Waals surface area (Å²) >= 11 is 0. The largest absolute Gasteiger partial charge is 0.469 e. The van der Waals surface area contributed by atoms with Crippen molar-refractivity contribution in [3.05, 3.63) is 29.8 Å². The molecule has 1 fully saturated rings. The van der Waals surface area contributed by atoms with E-state index < -0.39 is 0 Å². The van der Waals surface area contributed by atoms with Gasteiger partial charge in [0.25, 0.3) is 0 Å². The highest BCUT2D eigenvalue weighted by Gasteiger charge is 2.26. The highest BCUT2D eigenvalue weighted by molar-refractivity contribution is 5.72. The molecular formula is C14H18FNO2. The van der Waals surface area contributed by atoms with Crippen LogP contribution in [0.5, 0.6) is 0 Å². The van der Waals surface area contributed by atoms with E-state index in [1.54, 1.807) is 12.3 Å². The third-order valence-electron chi connectivity index (χ3n) is 3.67. The molecule has 1 aromatic rings. The van der Waals surface area contributed by atoms with Crippen molar-refractivity contribution in [3.8, 4) is 0 Å². The Bertz CT molecular complexity index is 414. The van der Waals surface area contributed by atoms with Crippen LogP contribution in [-0.4, -0.2) is 18.1 Å². The van der Waals surface area contributed by atoms with Gasteiger partial charge < -0.3 is 4.74 Å². The Morgan fingerprint density at radius 2 is 2.11 bits per heavy atom. The molecular weight excluding hydrogens is 233 g/mol. The summed E-state index contributed by atoms with van der Waals surface area (Å²) < 4.78 is 17.8.